The zero-order valence-electron chi connectivity index (χ0n) is 17.7. The number of aromatic nitrogens is 4. The first-order valence-electron chi connectivity index (χ1n) is 10.2. The lowest BCUT2D eigenvalue weighted by Crippen LogP contribution is -2.41. The van der Waals surface area contributed by atoms with Gasteiger partial charge in [0.05, 0.1) is 16.3 Å². The molecule has 0 radical (unpaired) electrons. The summed E-state index contributed by atoms with van der Waals surface area (Å²) in [5, 5.41) is 13.8. The molecule has 2 aromatic carbocycles. The van der Waals surface area contributed by atoms with E-state index < -0.39 is 21.8 Å². The number of nitrogens with one attached hydrogen (secondary N) is 1. The Kier molecular flexibility index (Phi) is 6.02. The Morgan fingerprint density at radius 3 is 2.41 bits per heavy atom. The fourth-order valence-corrected chi connectivity index (χ4v) is 5.13. The molecule has 32 heavy (non-hydrogen) atoms. The van der Waals surface area contributed by atoms with Gasteiger partial charge in [-0.1, -0.05) is 17.7 Å². The summed E-state index contributed by atoms with van der Waals surface area (Å²) >= 11 is 0. The van der Waals surface area contributed by atoms with E-state index in [2.05, 4.69) is 20.8 Å². The number of rotatable bonds is 5. The van der Waals surface area contributed by atoms with Crippen molar-refractivity contribution in [1.82, 2.24) is 24.5 Å². The van der Waals surface area contributed by atoms with Gasteiger partial charge >= 0.3 is 0 Å². The van der Waals surface area contributed by atoms with Gasteiger partial charge in [0.1, 0.15) is 5.82 Å². The molecule has 11 heteroatoms. The van der Waals surface area contributed by atoms with Gasteiger partial charge in [0.2, 0.25) is 15.9 Å². The van der Waals surface area contributed by atoms with Crippen LogP contribution in [0.1, 0.15) is 24.2 Å². The summed E-state index contributed by atoms with van der Waals surface area (Å²) in [7, 11) is -3.61. The SMILES string of the molecule is Cc1ccc(S(=O)(=O)N2CCC(C(=O)Nc3cc(-n4nnnc4C)ccc3F)CC2)cc1. The Balaban J connectivity index is 1.42. The maximum absolute atomic E-state index is 14.3. The van der Waals surface area contributed by atoms with Crippen molar-refractivity contribution < 1.29 is 17.6 Å². The van der Waals surface area contributed by atoms with E-state index in [1.807, 2.05) is 6.92 Å². The zero-order chi connectivity index (χ0) is 22.9. The number of anilines is 1. The van der Waals surface area contributed by atoms with Gasteiger partial charge in [0, 0.05) is 19.0 Å². The van der Waals surface area contributed by atoms with Crippen LogP contribution in [0.5, 0.6) is 0 Å². The minimum absolute atomic E-state index is 0.0251. The third-order valence-electron chi connectivity index (χ3n) is 5.56. The highest BCUT2D eigenvalue weighted by molar-refractivity contribution is 7.89. The molecule has 3 aromatic rings. The molecule has 0 aliphatic carbocycles. The zero-order valence-corrected chi connectivity index (χ0v) is 18.5. The minimum Gasteiger partial charge on any atom is -0.323 e. The number of nitrogens with zero attached hydrogens (tertiary/aromatic N) is 5. The molecule has 0 unspecified atom stereocenters. The highest BCUT2D eigenvalue weighted by atomic mass is 32.2. The lowest BCUT2D eigenvalue weighted by atomic mass is 9.97. The summed E-state index contributed by atoms with van der Waals surface area (Å²) in [6.45, 7) is 4.05. The quantitative estimate of drug-likeness (QED) is 0.629. The van der Waals surface area contributed by atoms with Gasteiger partial charge in [-0.2, -0.15) is 8.99 Å². The molecule has 1 aromatic heterocycles. The molecule has 4 rings (SSSR count). The first kappa shape index (κ1) is 22.0. The maximum atomic E-state index is 14.3. The van der Waals surface area contributed by atoms with Crippen molar-refractivity contribution in [2.45, 2.75) is 31.6 Å². The van der Waals surface area contributed by atoms with Crippen molar-refractivity contribution in [2.24, 2.45) is 5.92 Å². The van der Waals surface area contributed by atoms with Gasteiger partial charge in [0.15, 0.2) is 5.82 Å². The number of benzene rings is 2. The predicted octanol–water partition coefficient (Wildman–Crippen LogP) is 2.46. The van der Waals surface area contributed by atoms with Crippen molar-refractivity contribution in [2.75, 3.05) is 18.4 Å². The van der Waals surface area contributed by atoms with Crippen LogP contribution in [0.15, 0.2) is 47.4 Å². The average Bonchev–Trinajstić information content (AvgIpc) is 3.21. The number of amides is 1. The lowest BCUT2D eigenvalue weighted by molar-refractivity contribution is -0.120. The number of hydrogen-bond acceptors (Lipinski definition) is 6. The van der Waals surface area contributed by atoms with Crippen molar-refractivity contribution in [3.05, 3.63) is 59.7 Å². The van der Waals surface area contributed by atoms with E-state index in [0.29, 0.717) is 24.4 Å². The third kappa shape index (κ3) is 4.39. The standard InChI is InChI=1S/C21H23FN6O3S/c1-14-3-6-18(7-4-14)32(30,31)27-11-9-16(10-12-27)21(29)23-20-13-17(5-8-19(20)22)28-15(2)24-25-26-28/h3-8,13,16H,9-12H2,1-2H3,(H,23,29). The predicted molar refractivity (Wildman–Crippen MR) is 115 cm³/mol. The second kappa shape index (κ2) is 8.75. The first-order valence-corrected chi connectivity index (χ1v) is 11.6. The average molecular weight is 459 g/mol. The number of aryl methyl sites for hydroxylation is 2. The van der Waals surface area contributed by atoms with Crippen molar-refractivity contribution in [1.29, 1.82) is 0 Å². The number of piperidine rings is 1. The molecule has 9 nitrogen and oxygen atoms in total. The molecule has 1 fully saturated rings. The van der Waals surface area contributed by atoms with Crippen LogP contribution in [0.3, 0.4) is 0 Å². The molecule has 1 saturated heterocycles. The highest BCUT2D eigenvalue weighted by Gasteiger charge is 2.32. The number of carbonyl (C=O) groups is 1. The number of tetrazole rings is 1. The molecule has 1 amide bonds. The van der Waals surface area contributed by atoms with Crippen LogP contribution in [0.2, 0.25) is 0 Å². The van der Waals surface area contributed by atoms with Crippen molar-refractivity contribution in [3.8, 4) is 5.69 Å². The van der Waals surface area contributed by atoms with Crippen LogP contribution >= 0.6 is 0 Å². The van der Waals surface area contributed by atoms with Gasteiger partial charge in [-0.3, -0.25) is 4.79 Å². The van der Waals surface area contributed by atoms with Crippen LogP contribution in [0, 0.1) is 25.6 Å². The van der Waals surface area contributed by atoms with Gasteiger partial charge in [-0.25, -0.2) is 12.8 Å². The minimum atomic E-state index is -3.61. The summed E-state index contributed by atoms with van der Waals surface area (Å²) in [6.07, 6.45) is 0.703. The second-order valence-corrected chi connectivity index (χ2v) is 9.72. The summed E-state index contributed by atoms with van der Waals surface area (Å²) in [4.78, 5) is 13.0. The summed E-state index contributed by atoms with van der Waals surface area (Å²) in [6, 6.07) is 10.9. The largest absolute Gasteiger partial charge is 0.323 e. The van der Waals surface area contributed by atoms with Crippen molar-refractivity contribution in [3.63, 3.8) is 0 Å². The van der Waals surface area contributed by atoms with E-state index in [1.165, 1.54) is 27.2 Å². The fourth-order valence-electron chi connectivity index (χ4n) is 3.66. The first-order chi connectivity index (χ1) is 15.3. The number of halogens is 1. The van der Waals surface area contributed by atoms with E-state index in [1.54, 1.807) is 31.2 Å². The Bertz CT molecular complexity index is 1230. The molecule has 1 N–H and O–H groups in total. The molecule has 2 heterocycles. The monoisotopic (exact) mass is 458 g/mol. The maximum Gasteiger partial charge on any atom is 0.243 e. The van der Waals surface area contributed by atoms with Crippen LogP contribution in [-0.2, 0) is 14.8 Å². The lowest BCUT2D eigenvalue weighted by Gasteiger charge is -2.30. The number of carbonyl (C=O) groups excluding carboxylic acids is 1. The van der Waals surface area contributed by atoms with E-state index in [0.717, 1.165) is 5.56 Å². The molecule has 168 valence electrons. The molecular formula is C21H23FN6O3S. The Morgan fingerprint density at radius 2 is 1.78 bits per heavy atom. The smallest absolute Gasteiger partial charge is 0.243 e. The van der Waals surface area contributed by atoms with Gasteiger partial charge in [-0.05, 0) is 67.4 Å². The molecule has 0 atom stereocenters. The molecule has 0 spiro atoms. The van der Waals surface area contributed by atoms with Crippen LogP contribution in [0.25, 0.3) is 5.69 Å². The normalized spacial score (nSPS) is 15.6. The van der Waals surface area contributed by atoms with Crippen molar-refractivity contribution >= 4 is 21.6 Å². The second-order valence-electron chi connectivity index (χ2n) is 7.78. The Morgan fingerprint density at radius 1 is 1.09 bits per heavy atom. The molecule has 0 saturated carbocycles. The third-order valence-corrected chi connectivity index (χ3v) is 7.47. The molecule has 1 aliphatic rings. The molecular weight excluding hydrogens is 435 g/mol. The molecule has 0 bridgehead atoms. The van der Waals surface area contributed by atoms with E-state index in [-0.39, 0.29) is 29.6 Å². The topological polar surface area (TPSA) is 110 Å². The summed E-state index contributed by atoms with van der Waals surface area (Å²) in [5.74, 6) is -0.817. The van der Waals surface area contributed by atoms with Gasteiger partial charge in [0.25, 0.3) is 0 Å². The van der Waals surface area contributed by atoms with E-state index in [4.69, 9.17) is 0 Å². The van der Waals surface area contributed by atoms with Crippen LogP contribution in [-0.4, -0.2) is 51.9 Å². The summed E-state index contributed by atoms with van der Waals surface area (Å²) < 4.78 is 42.8. The van der Waals surface area contributed by atoms with E-state index in [9.17, 15) is 17.6 Å². The fraction of sp³-hybridized carbons (Fsp3) is 0.333. The van der Waals surface area contributed by atoms with E-state index >= 15 is 0 Å². The summed E-state index contributed by atoms with van der Waals surface area (Å²) in [5.41, 5.74) is 1.52. The Hall–Kier alpha value is -3.18. The number of hydrogen-bond donors (Lipinski definition) is 1. The van der Waals surface area contributed by atoms with Gasteiger partial charge in [-0.15, -0.1) is 5.10 Å². The van der Waals surface area contributed by atoms with Gasteiger partial charge < -0.3 is 5.32 Å². The molecule has 1 aliphatic heterocycles. The van der Waals surface area contributed by atoms with Crippen LogP contribution in [0.4, 0.5) is 10.1 Å². The highest BCUT2D eigenvalue weighted by Crippen LogP contribution is 2.26. The number of sulfonamides is 1. The van der Waals surface area contributed by atoms with Crippen LogP contribution < -0.4 is 5.32 Å². The Labute approximate surface area is 185 Å².